The number of carbonyl (C=O) groups excluding carboxylic acids is 1. The monoisotopic (exact) mass is 395 g/mol. The smallest absolute Gasteiger partial charge is 0.233 e. The molecule has 28 heavy (non-hydrogen) atoms. The van der Waals surface area contributed by atoms with Crippen LogP contribution in [0.15, 0.2) is 66.3 Å². The van der Waals surface area contributed by atoms with Gasteiger partial charge < -0.3 is 14.6 Å². The number of benzene rings is 2. The van der Waals surface area contributed by atoms with E-state index in [1.165, 1.54) is 11.8 Å². The summed E-state index contributed by atoms with van der Waals surface area (Å²) in [7, 11) is 1.65. The van der Waals surface area contributed by atoms with Crippen LogP contribution in [0.1, 0.15) is 12.5 Å². The minimum atomic E-state index is -0.240. The van der Waals surface area contributed by atoms with E-state index in [1.807, 2.05) is 61.5 Å². The van der Waals surface area contributed by atoms with Gasteiger partial charge in [0.2, 0.25) is 5.91 Å². The van der Waals surface area contributed by atoms with Crippen molar-refractivity contribution in [3.8, 4) is 5.75 Å². The zero-order valence-corrected chi connectivity index (χ0v) is 17.0. The van der Waals surface area contributed by atoms with Crippen LogP contribution in [0.2, 0.25) is 0 Å². The van der Waals surface area contributed by atoms with Crippen molar-refractivity contribution in [2.24, 2.45) is 0 Å². The molecule has 0 saturated heterocycles. The minimum Gasteiger partial charge on any atom is -0.497 e. The van der Waals surface area contributed by atoms with Crippen molar-refractivity contribution in [2.45, 2.75) is 30.3 Å². The molecule has 0 aliphatic rings. The van der Waals surface area contributed by atoms with Gasteiger partial charge in [0.1, 0.15) is 5.75 Å². The SMILES string of the molecule is C=CCn1c(SC(C)C(=O)NCCc2ccc(OC)cc2)nc2ccccc21. The highest BCUT2D eigenvalue weighted by molar-refractivity contribution is 8.00. The maximum atomic E-state index is 12.5. The summed E-state index contributed by atoms with van der Waals surface area (Å²) in [5.41, 5.74) is 3.14. The predicted molar refractivity (Wildman–Crippen MR) is 115 cm³/mol. The number of rotatable bonds is 9. The Morgan fingerprint density at radius 1 is 1.29 bits per heavy atom. The zero-order valence-electron chi connectivity index (χ0n) is 16.2. The van der Waals surface area contributed by atoms with Crippen molar-refractivity contribution in [1.82, 2.24) is 14.9 Å². The maximum absolute atomic E-state index is 12.5. The van der Waals surface area contributed by atoms with E-state index in [-0.39, 0.29) is 11.2 Å². The highest BCUT2D eigenvalue weighted by Crippen LogP contribution is 2.27. The second kappa shape index (κ2) is 9.46. The largest absolute Gasteiger partial charge is 0.497 e. The maximum Gasteiger partial charge on any atom is 0.233 e. The van der Waals surface area contributed by atoms with Gasteiger partial charge in [-0.25, -0.2) is 4.98 Å². The van der Waals surface area contributed by atoms with Gasteiger partial charge >= 0.3 is 0 Å². The first kappa shape index (κ1) is 20.0. The molecule has 3 rings (SSSR count). The number of ether oxygens (including phenoxy) is 1. The van der Waals surface area contributed by atoms with E-state index in [4.69, 9.17) is 4.74 Å². The van der Waals surface area contributed by atoms with Crippen LogP contribution in [-0.2, 0) is 17.8 Å². The minimum absolute atomic E-state index is 0.00993. The Balaban J connectivity index is 1.58. The van der Waals surface area contributed by atoms with Crippen LogP contribution in [0.3, 0.4) is 0 Å². The van der Waals surface area contributed by atoms with E-state index < -0.39 is 0 Å². The zero-order chi connectivity index (χ0) is 19.9. The lowest BCUT2D eigenvalue weighted by atomic mass is 10.1. The molecule has 5 nitrogen and oxygen atoms in total. The Morgan fingerprint density at radius 3 is 2.75 bits per heavy atom. The van der Waals surface area contributed by atoms with Gasteiger partial charge in [-0.05, 0) is 43.2 Å². The van der Waals surface area contributed by atoms with E-state index in [0.717, 1.165) is 33.9 Å². The number of amides is 1. The number of carbonyl (C=O) groups is 1. The fourth-order valence-electron chi connectivity index (χ4n) is 2.93. The Labute approximate surface area is 169 Å². The third-order valence-corrected chi connectivity index (χ3v) is 5.54. The predicted octanol–water partition coefficient (Wildman–Crippen LogP) is 4.07. The third-order valence-electron chi connectivity index (χ3n) is 4.45. The highest BCUT2D eigenvalue weighted by Gasteiger charge is 2.18. The number of nitrogens with one attached hydrogen (secondary N) is 1. The van der Waals surface area contributed by atoms with Crippen molar-refractivity contribution in [1.29, 1.82) is 0 Å². The topological polar surface area (TPSA) is 56.2 Å². The molecule has 1 N–H and O–H groups in total. The summed E-state index contributed by atoms with van der Waals surface area (Å²) in [6.07, 6.45) is 2.62. The fourth-order valence-corrected chi connectivity index (χ4v) is 3.88. The van der Waals surface area contributed by atoms with Gasteiger partial charge in [-0.15, -0.1) is 6.58 Å². The standard InChI is InChI=1S/C22H25N3O2S/c1-4-15-25-20-8-6-5-7-19(20)24-22(25)28-16(2)21(26)23-14-13-17-9-11-18(27-3)12-10-17/h4-12,16H,1,13-15H2,2-3H3,(H,23,26). The van der Waals surface area contributed by atoms with Crippen molar-refractivity contribution in [3.05, 3.63) is 66.7 Å². The second-order valence-electron chi connectivity index (χ2n) is 6.43. The molecule has 0 aliphatic carbocycles. The van der Waals surface area contributed by atoms with E-state index in [1.54, 1.807) is 7.11 Å². The van der Waals surface area contributed by atoms with Crippen LogP contribution in [-0.4, -0.2) is 34.4 Å². The highest BCUT2D eigenvalue weighted by atomic mass is 32.2. The van der Waals surface area contributed by atoms with Crippen molar-refractivity contribution < 1.29 is 9.53 Å². The number of methoxy groups -OCH3 is 1. The van der Waals surface area contributed by atoms with E-state index >= 15 is 0 Å². The number of thioether (sulfide) groups is 1. The molecule has 146 valence electrons. The number of para-hydroxylation sites is 2. The molecule has 1 amide bonds. The van der Waals surface area contributed by atoms with Crippen molar-refractivity contribution in [2.75, 3.05) is 13.7 Å². The lowest BCUT2D eigenvalue weighted by molar-refractivity contribution is -0.120. The van der Waals surface area contributed by atoms with E-state index in [2.05, 4.69) is 21.4 Å². The number of allylic oxidation sites excluding steroid dienone is 1. The molecule has 0 spiro atoms. The summed E-state index contributed by atoms with van der Waals surface area (Å²) >= 11 is 1.47. The number of imidazole rings is 1. The van der Waals surface area contributed by atoms with Crippen LogP contribution in [0.25, 0.3) is 11.0 Å². The number of hydrogen-bond acceptors (Lipinski definition) is 4. The molecule has 0 fully saturated rings. The first-order valence-corrected chi connectivity index (χ1v) is 10.1. The van der Waals surface area contributed by atoms with Gasteiger partial charge in [0.25, 0.3) is 0 Å². The first-order chi connectivity index (χ1) is 13.6. The Hall–Kier alpha value is -2.73. The molecule has 0 saturated carbocycles. The molecule has 6 heteroatoms. The Morgan fingerprint density at radius 2 is 2.04 bits per heavy atom. The van der Waals surface area contributed by atoms with Gasteiger partial charge in [0, 0.05) is 13.1 Å². The molecular formula is C22H25N3O2S. The van der Waals surface area contributed by atoms with Crippen molar-refractivity contribution >= 4 is 28.7 Å². The average Bonchev–Trinajstić information content (AvgIpc) is 3.06. The number of fused-ring (bicyclic) bond motifs is 1. The summed E-state index contributed by atoms with van der Waals surface area (Å²) in [5.74, 6) is 0.843. The van der Waals surface area contributed by atoms with Gasteiger partial charge in [0.15, 0.2) is 5.16 Å². The fraction of sp³-hybridized carbons (Fsp3) is 0.273. The molecule has 2 aromatic carbocycles. The molecule has 1 aromatic heterocycles. The quantitative estimate of drug-likeness (QED) is 0.438. The number of hydrogen-bond donors (Lipinski definition) is 1. The lowest BCUT2D eigenvalue weighted by Crippen LogP contribution is -2.32. The third kappa shape index (κ3) is 4.75. The normalized spacial score (nSPS) is 11.9. The van der Waals surface area contributed by atoms with Crippen molar-refractivity contribution in [3.63, 3.8) is 0 Å². The molecule has 1 unspecified atom stereocenters. The van der Waals surface area contributed by atoms with Crippen LogP contribution in [0.4, 0.5) is 0 Å². The first-order valence-electron chi connectivity index (χ1n) is 9.26. The Bertz CT molecular complexity index is 950. The summed E-state index contributed by atoms with van der Waals surface area (Å²) in [4.78, 5) is 17.2. The molecule has 0 aliphatic heterocycles. The molecule has 1 atom stereocenters. The number of nitrogens with zero attached hydrogens (tertiary/aromatic N) is 2. The molecule has 0 radical (unpaired) electrons. The van der Waals surface area contributed by atoms with Gasteiger partial charge in [-0.1, -0.05) is 42.1 Å². The summed E-state index contributed by atoms with van der Waals surface area (Å²) < 4.78 is 7.25. The van der Waals surface area contributed by atoms with Crippen LogP contribution in [0.5, 0.6) is 5.75 Å². The second-order valence-corrected chi connectivity index (χ2v) is 7.74. The summed E-state index contributed by atoms with van der Waals surface area (Å²) in [5, 5.41) is 3.61. The molecule has 3 aromatic rings. The average molecular weight is 396 g/mol. The molecule has 1 heterocycles. The van der Waals surface area contributed by atoms with Gasteiger partial charge in [-0.2, -0.15) is 0 Å². The molecular weight excluding hydrogens is 370 g/mol. The summed E-state index contributed by atoms with van der Waals surface area (Å²) in [6.45, 7) is 7.00. The molecule has 0 bridgehead atoms. The van der Waals surface area contributed by atoms with E-state index in [0.29, 0.717) is 13.1 Å². The lowest BCUT2D eigenvalue weighted by Gasteiger charge is -2.13. The van der Waals surface area contributed by atoms with Crippen LogP contribution in [0, 0.1) is 0 Å². The van der Waals surface area contributed by atoms with Gasteiger partial charge in [0.05, 0.1) is 23.4 Å². The Kier molecular flexibility index (Phi) is 6.76. The summed E-state index contributed by atoms with van der Waals surface area (Å²) in [6, 6.07) is 15.9. The van der Waals surface area contributed by atoms with Crippen LogP contribution < -0.4 is 10.1 Å². The van der Waals surface area contributed by atoms with Gasteiger partial charge in [-0.3, -0.25) is 4.79 Å². The van der Waals surface area contributed by atoms with E-state index in [9.17, 15) is 4.79 Å². The van der Waals surface area contributed by atoms with Crippen LogP contribution >= 0.6 is 11.8 Å². The number of aromatic nitrogens is 2.